The summed E-state index contributed by atoms with van der Waals surface area (Å²) in [6.45, 7) is 2.74. The maximum absolute atomic E-state index is 10.9. The van der Waals surface area contributed by atoms with Crippen LogP contribution in [0.1, 0.15) is 40.2 Å². The smallest absolute Gasteiger partial charge is 0.335 e. The Morgan fingerprint density at radius 1 is 1.40 bits per heavy atom. The maximum atomic E-state index is 10.9. The van der Waals surface area contributed by atoms with Crippen LogP contribution in [0.25, 0.3) is 0 Å². The molecule has 0 radical (unpaired) electrons. The van der Waals surface area contributed by atoms with Gasteiger partial charge in [-0.3, -0.25) is 0 Å². The van der Waals surface area contributed by atoms with Crippen molar-refractivity contribution in [1.82, 2.24) is 5.32 Å². The van der Waals surface area contributed by atoms with Gasteiger partial charge in [0.05, 0.1) is 9.90 Å². The number of hydrogen-bond acceptors (Lipinski definition) is 3. The molecule has 1 aromatic carbocycles. The molecule has 0 aliphatic rings. The number of rotatable bonds is 6. The molecule has 2 aromatic rings. The molecule has 0 spiro atoms. The van der Waals surface area contributed by atoms with Gasteiger partial charge in [0.2, 0.25) is 0 Å². The van der Waals surface area contributed by atoms with Crippen LogP contribution in [-0.2, 0) is 6.54 Å². The zero-order chi connectivity index (χ0) is 14.5. The van der Waals surface area contributed by atoms with Crippen molar-refractivity contribution in [1.29, 1.82) is 0 Å². The molecular formula is C15H16ClNO2S. The third-order valence-electron chi connectivity index (χ3n) is 3.07. The van der Waals surface area contributed by atoms with Crippen LogP contribution in [0, 0.1) is 0 Å². The fourth-order valence-electron chi connectivity index (χ4n) is 2.02. The summed E-state index contributed by atoms with van der Waals surface area (Å²) in [7, 11) is 0. The molecule has 0 aliphatic carbocycles. The first-order valence-corrected chi connectivity index (χ1v) is 7.60. The number of hydrogen-bond donors (Lipinski definition) is 2. The van der Waals surface area contributed by atoms with Gasteiger partial charge in [-0.25, -0.2) is 4.79 Å². The molecule has 0 amide bonds. The second-order valence-corrected chi connectivity index (χ2v) is 6.24. The lowest BCUT2D eigenvalue weighted by Crippen LogP contribution is -2.19. The van der Waals surface area contributed by atoms with E-state index in [2.05, 4.69) is 12.2 Å². The standard InChI is InChI=1S/C15H16ClNO2S/c1-2-12(13-6-7-14(16)20-13)17-9-10-4-3-5-11(8-10)15(18)19/h3-8,12,17H,2,9H2,1H3,(H,18,19). The normalized spacial score (nSPS) is 12.3. The van der Waals surface area contributed by atoms with Crippen molar-refractivity contribution in [3.63, 3.8) is 0 Å². The lowest BCUT2D eigenvalue weighted by Gasteiger charge is -2.15. The summed E-state index contributed by atoms with van der Waals surface area (Å²) in [5, 5.41) is 12.4. The van der Waals surface area contributed by atoms with Gasteiger partial charge in [-0.2, -0.15) is 0 Å². The van der Waals surface area contributed by atoms with Gasteiger partial charge in [0.25, 0.3) is 0 Å². The molecule has 1 heterocycles. The number of carbonyl (C=O) groups is 1. The third-order valence-corrected chi connectivity index (χ3v) is 4.42. The number of carboxylic acid groups (broad SMARTS) is 1. The highest BCUT2D eigenvalue weighted by Crippen LogP contribution is 2.28. The Morgan fingerprint density at radius 2 is 2.20 bits per heavy atom. The second kappa shape index (κ2) is 6.88. The molecule has 2 rings (SSSR count). The maximum Gasteiger partial charge on any atom is 0.335 e. The molecule has 1 unspecified atom stereocenters. The van der Waals surface area contributed by atoms with Gasteiger partial charge in [-0.15, -0.1) is 11.3 Å². The van der Waals surface area contributed by atoms with Crippen LogP contribution in [0.15, 0.2) is 36.4 Å². The van der Waals surface area contributed by atoms with Crippen molar-refractivity contribution in [2.24, 2.45) is 0 Å². The van der Waals surface area contributed by atoms with E-state index in [9.17, 15) is 4.79 Å². The molecule has 0 bridgehead atoms. The first-order chi connectivity index (χ1) is 9.60. The van der Waals surface area contributed by atoms with Gasteiger partial charge in [-0.1, -0.05) is 30.7 Å². The zero-order valence-corrected chi connectivity index (χ0v) is 12.7. The number of thiophene rings is 1. The van der Waals surface area contributed by atoms with Gasteiger partial charge < -0.3 is 10.4 Å². The number of carboxylic acids is 1. The van der Waals surface area contributed by atoms with Gasteiger partial charge >= 0.3 is 5.97 Å². The van der Waals surface area contributed by atoms with E-state index in [4.69, 9.17) is 16.7 Å². The van der Waals surface area contributed by atoms with E-state index in [0.717, 1.165) is 16.3 Å². The van der Waals surface area contributed by atoms with E-state index in [1.54, 1.807) is 29.5 Å². The second-order valence-electron chi connectivity index (χ2n) is 4.49. The Bertz CT molecular complexity index is 597. The molecule has 20 heavy (non-hydrogen) atoms. The summed E-state index contributed by atoms with van der Waals surface area (Å²) in [5.41, 5.74) is 1.28. The van der Waals surface area contributed by atoms with E-state index >= 15 is 0 Å². The van der Waals surface area contributed by atoms with Crippen LogP contribution in [-0.4, -0.2) is 11.1 Å². The number of benzene rings is 1. The average Bonchev–Trinajstić information content (AvgIpc) is 2.86. The molecule has 0 saturated heterocycles. The van der Waals surface area contributed by atoms with Gasteiger partial charge in [0.1, 0.15) is 0 Å². The molecule has 5 heteroatoms. The highest BCUT2D eigenvalue weighted by atomic mass is 35.5. The largest absolute Gasteiger partial charge is 0.478 e. The summed E-state index contributed by atoms with van der Waals surface area (Å²) < 4.78 is 0.785. The molecule has 3 nitrogen and oxygen atoms in total. The van der Waals surface area contributed by atoms with Crippen LogP contribution in [0.4, 0.5) is 0 Å². The van der Waals surface area contributed by atoms with Crippen molar-refractivity contribution < 1.29 is 9.90 Å². The molecule has 106 valence electrons. The quantitative estimate of drug-likeness (QED) is 0.834. The van der Waals surface area contributed by atoms with Crippen molar-refractivity contribution in [2.75, 3.05) is 0 Å². The summed E-state index contributed by atoms with van der Waals surface area (Å²) in [4.78, 5) is 12.1. The van der Waals surface area contributed by atoms with Crippen LogP contribution < -0.4 is 5.32 Å². The van der Waals surface area contributed by atoms with Crippen LogP contribution >= 0.6 is 22.9 Å². The molecule has 0 saturated carbocycles. The minimum Gasteiger partial charge on any atom is -0.478 e. The average molecular weight is 310 g/mol. The van der Waals surface area contributed by atoms with Crippen molar-refractivity contribution in [3.8, 4) is 0 Å². The van der Waals surface area contributed by atoms with Crippen LogP contribution in [0.3, 0.4) is 0 Å². The topological polar surface area (TPSA) is 49.3 Å². The monoisotopic (exact) mass is 309 g/mol. The van der Waals surface area contributed by atoms with E-state index in [1.807, 2.05) is 18.2 Å². The summed E-state index contributed by atoms with van der Waals surface area (Å²) in [6, 6.07) is 11.2. The molecule has 1 aromatic heterocycles. The summed E-state index contributed by atoms with van der Waals surface area (Å²) >= 11 is 7.53. The summed E-state index contributed by atoms with van der Waals surface area (Å²) in [5.74, 6) is -0.899. The van der Waals surface area contributed by atoms with Crippen molar-refractivity contribution in [3.05, 3.63) is 56.7 Å². The first-order valence-electron chi connectivity index (χ1n) is 6.41. The Kier molecular flexibility index (Phi) is 5.17. The van der Waals surface area contributed by atoms with E-state index in [1.165, 1.54) is 4.88 Å². The number of nitrogens with one attached hydrogen (secondary N) is 1. The Morgan fingerprint density at radius 3 is 2.80 bits per heavy atom. The molecule has 2 N–H and O–H groups in total. The molecule has 0 aliphatic heterocycles. The predicted octanol–water partition coefficient (Wildman–Crippen LogP) is 4.34. The Hall–Kier alpha value is -1.36. The molecular weight excluding hydrogens is 294 g/mol. The van der Waals surface area contributed by atoms with Gasteiger partial charge in [0.15, 0.2) is 0 Å². The fraction of sp³-hybridized carbons (Fsp3) is 0.267. The lowest BCUT2D eigenvalue weighted by molar-refractivity contribution is 0.0696. The number of halogens is 1. The van der Waals surface area contributed by atoms with Crippen molar-refractivity contribution >= 4 is 28.9 Å². The summed E-state index contributed by atoms with van der Waals surface area (Å²) in [6.07, 6.45) is 0.954. The first kappa shape index (κ1) is 15.0. The van der Waals surface area contributed by atoms with Gasteiger partial charge in [0, 0.05) is 17.5 Å². The van der Waals surface area contributed by atoms with Crippen molar-refractivity contribution in [2.45, 2.75) is 25.9 Å². The van der Waals surface area contributed by atoms with Crippen LogP contribution in [0.2, 0.25) is 4.34 Å². The van der Waals surface area contributed by atoms with Crippen LogP contribution in [0.5, 0.6) is 0 Å². The van der Waals surface area contributed by atoms with E-state index in [0.29, 0.717) is 12.1 Å². The van der Waals surface area contributed by atoms with Gasteiger partial charge in [-0.05, 0) is 36.2 Å². The highest BCUT2D eigenvalue weighted by molar-refractivity contribution is 7.16. The third kappa shape index (κ3) is 3.82. The fourth-order valence-corrected chi connectivity index (χ4v) is 3.24. The molecule has 1 atom stereocenters. The lowest BCUT2D eigenvalue weighted by atomic mass is 10.1. The zero-order valence-electron chi connectivity index (χ0n) is 11.1. The molecule has 0 fully saturated rings. The SMILES string of the molecule is CCC(NCc1cccc(C(=O)O)c1)c1ccc(Cl)s1. The Labute approximate surface area is 127 Å². The highest BCUT2D eigenvalue weighted by Gasteiger charge is 2.11. The minimum atomic E-state index is -0.899. The number of aromatic carboxylic acids is 1. The van der Waals surface area contributed by atoms with E-state index in [-0.39, 0.29) is 6.04 Å². The van der Waals surface area contributed by atoms with E-state index < -0.39 is 5.97 Å². The Balaban J connectivity index is 2.03. The predicted molar refractivity (Wildman–Crippen MR) is 82.6 cm³/mol. The minimum absolute atomic E-state index is 0.237.